The summed E-state index contributed by atoms with van der Waals surface area (Å²) in [6.45, 7) is 9.42. The Morgan fingerprint density at radius 1 is 1.24 bits per heavy atom. The molecule has 0 saturated carbocycles. The van der Waals surface area contributed by atoms with Crippen LogP contribution in [0.3, 0.4) is 0 Å². The summed E-state index contributed by atoms with van der Waals surface area (Å²) in [6.07, 6.45) is 5.14. The van der Waals surface area contributed by atoms with Crippen LogP contribution >= 0.6 is 11.6 Å². The van der Waals surface area contributed by atoms with E-state index in [1.807, 2.05) is 18.5 Å². The van der Waals surface area contributed by atoms with Gasteiger partial charge in [0, 0.05) is 51.1 Å². The lowest BCUT2D eigenvalue weighted by molar-refractivity contribution is 0.00796. The van der Waals surface area contributed by atoms with Gasteiger partial charge >= 0.3 is 0 Å². The molecule has 0 unspecified atom stereocenters. The van der Waals surface area contributed by atoms with E-state index >= 15 is 0 Å². The average Bonchev–Trinajstić information content (AvgIpc) is 2.52. The predicted octanol–water partition coefficient (Wildman–Crippen LogP) is 3.32. The van der Waals surface area contributed by atoms with Crippen LogP contribution in [0.15, 0.2) is 18.5 Å². The van der Waals surface area contributed by atoms with Crippen molar-refractivity contribution in [2.45, 2.75) is 31.7 Å². The van der Waals surface area contributed by atoms with E-state index in [1.54, 1.807) is 7.11 Å². The first-order chi connectivity index (χ1) is 12.0. The number of methoxy groups -OCH3 is 1. The zero-order chi connectivity index (χ0) is 17.6. The number of rotatable bonds is 5. The van der Waals surface area contributed by atoms with Crippen molar-refractivity contribution in [2.24, 2.45) is 0 Å². The number of ether oxygens (including phenoxy) is 1. The van der Waals surface area contributed by atoms with Crippen LogP contribution in [-0.4, -0.2) is 60.3 Å². The van der Waals surface area contributed by atoms with Crippen molar-refractivity contribution in [1.82, 2.24) is 14.9 Å². The largest absolute Gasteiger partial charge is 0.383 e. The lowest BCUT2D eigenvalue weighted by Crippen LogP contribution is -2.77. The molecule has 6 heteroatoms. The number of halogens is 1. The van der Waals surface area contributed by atoms with Crippen molar-refractivity contribution in [3.8, 4) is 0 Å². The summed E-state index contributed by atoms with van der Waals surface area (Å²) in [5.41, 5.74) is 1.47. The first kappa shape index (κ1) is 17.0. The second kappa shape index (κ2) is 6.38. The normalized spacial score (nSPS) is 19.5. The SMILES string of the molecule is COCCN1CC2(CCN2c2ncc(C(C)C)c3cc(Cl)ncc23)C1. The van der Waals surface area contributed by atoms with Gasteiger partial charge in [-0.05, 0) is 29.4 Å². The van der Waals surface area contributed by atoms with Crippen molar-refractivity contribution < 1.29 is 4.74 Å². The number of hydrogen-bond donors (Lipinski definition) is 0. The van der Waals surface area contributed by atoms with Crippen LogP contribution in [0.4, 0.5) is 5.82 Å². The molecule has 0 bridgehead atoms. The van der Waals surface area contributed by atoms with Crippen LogP contribution in [0, 0.1) is 0 Å². The van der Waals surface area contributed by atoms with Crippen LogP contribution < -0.4 is 4.90 Å². The number of hydrogen-bond acceptors (Lipinski definition) is 5. The van der Waals surface area contributed by atoms with Crippen LogP contribution in [0.2, 0.25) is 5.15 Å². The highest BCUT2D eigenvalue weighted by Gasteiger charge is 2.53. The van der Waals surface area contributed by atoms with Crippen molar-refractivity contribution in [1.29, 1.82) is 0 Å². The van der Waals surface area contributed by atoms with Gasteiger partial charge in [0.15, 0.2) is 0 Å². The van der Waals surface area contributed by atoms with E-state index in [0.29, 0.717) is 11.1 Å². The molecule has 0 N–H and O–H groups in total. The molecule has 2 aromatic heterocycles. The molecule has 2 aliphatic heterocycles. The number of fused-ring (bicyclic) bond motifs is 1. The lowest BCUT2D eigenvalue weighted by atomic mass is 9.77. The number of nitrogens with zero attached hydrogens (tertiary/aromatic N) is 4. The Bertz CT molecular complexity index is 788. The zero-order valence-corrected chi connectivity index (χ0v) is 15.9. The maximum absolute atomic E-state index is 6.17. The van der Waals surface area contributed by atoms with Gasteiger partial charge in [0.1, 0.15) is 11.0 Å². The quantitative estimate of drug-likeness (QED) is 0.765. The maximum Gasteiger partial charge on any atom is 0.138 e. The van der Waals surface area contributed by atoms with Gasteiger partial charge in [-0.25, -0.2) is 9.97 Å². The van der Waals surface area contributed by atoms with Gasteiger partial charge in [0.25, 0.3) is 0 Å². The Morgan fingerprint density at radius 3 is 2.68 bits per heavy atom. The van der Waals surface area contributed by atoms with Crippen LogP contribution in [0.5, 0.6) is 0 Å². The predicted molar refractivity (Wildman–Crippen MR) is 102 cm³/mol. The molecular weight excluding hydrogens is 336 g/mol. The van der Waals surface area contributed by atoms with E-state index in [1.165, 1.54) is 17.4 Å². The molecule has 25 heavy (non-hydrogen) atoms. The van der Waals surface area contributed by atoms with Crippen LogP contribution in [0.1, 0.15) is 31.7 Å². The Balaban J connectivity index is 1.66. The van der Waals surface area contributed by atoms with Crippen LogP contribution in [-0.2, 0) is 4.74 Å². The fourth-order valence-corrected chi connectivity index (χ4v) is 4.31. The molecular formula is C19H25ClN4O. The summed E-state index contributed by atoms with van der Waals surface area (Å²) < 4.78 is 5.20. The van der Waals surface area contributed by atoms with E-state index in [9.17, 15) is 0 Å². The first-order valence-electron chi connectivity index (χ1n) is 8.97. The molecule has 2 aliphatic rings. The highest BCUT2D eigenvalue weighted by molar-refractivity contribution is 6.30. The van der Waals surface area contributed by atoms with Gasteiger partial charge in [-0.3, -0.25) is 4.90 Å². The number of likely N-dealkylation sites (tertiary alicyclic amines) is 1. The molecule has 0 radical (unpaired) electrons. The molecule has 0 aromatic carbocycles. The molecule has 0 amide bonds. The smallest absolute Gasteiger partial charge is 0.138 e. The molecule has 0 atom stereocenters. The van der Waals surface area contributed by atoms with Crippen molar-refractivity contribution in [2.75, 3.05) is 44.8 Å². The minimum absolute atomic E-state index is 0.243. The lowest BCUT2D eigenvalue weighted by Gasteiger charge is -2.63. The summed E-state index contributed by atoms with van der Waals surface area (Å²) in [7, 11) is 1.76. The second-order valence-corrected chi connectivity index (χ2v) is 7.96. The molecule has 1 spiro atoms. The highest BCUT2D eigenvalue weighted by Crippen LogP contribution is 2.44. The maximum atomic E-state index is 6.17. The number of pyridine rings is 2. The minimum atomic E-state index is 0.243. The summed E-state index contributed by atoms with van der Waals surface area (Å²) in [6, 6.07) is 1.98. The Morgan fingerprint density at radius 2 is 2.04 bits per heavy atom. The third-order valence-corrected chi connectivity index (χ3v) is 5.85. The Labute approximate surface area is 153 Å². The van der Waals surface area contributed by atoms with E-state index < -0.39 is 0 Å². The van der Waals surface area contributed by atoms with Gasteiger partial charge in [0.2, 0.25) is 0 Å². The third-order valence-electron chi connectivity index (χ3n) is 5.65. The fraction of sp³-hybridized carbons (Fsp3) is 0.579. The molecule has 2 aromatic rings. The molecule has 2 fully saturated rings. The topological polar surface area (TPSA) is 41.5 Å². The molecule has 4 heterocycles. The standard InChI is InChI=1S/C19H25ClN4O/c1-13(2)15-9-22-18(16-10-21-17(20)8-14(15)16)24-5-4-19(24)11-23(12-19)6-7-25-3/h8-10,13H,4-7,11-12H2,1-3H3. The second-order valence-electron chi connectivity index (χ2n) is 7.57. The Hall–Kier alpha value is -1.43. The summed E-state index contributed by atoms with van der Waals surface area (Å²) in [4.78, 5) is 14.1. The number of aromatic nitrogens is 2. The van der Waals surface area contributed by atoms with Crippen molar-refractivity contribution in [3.05, 3.63) is 29.2 Å². The van der Waals surface area contributed by atoms with Gasteiger partial charge in [-0.2, -0.15) is 0 Å². The first-order valence-corrected chi connectivity index (χ1v) is 9.35. The van der Waals surface area contributed by atoms with Gasteiger partial charge in [-0.15, -0.1) is 0 Å². The van der Waals surface area contributed by atoms with Crippen molar-refractivity contribution in [3.63, 3.8) is 0 Å². The van der Waals surface area contributed by atoms with Gasteiger partial charge in [0.05, 0.1) is 12.1 Å². The van der Waals surface area contributed by atoms with E-state index in [4.69, 9.17) is 21.3 Å². The molecule has 0 aliphatic carbocycles. The van der Waals surface area contributed by atoms with E-state index in [2.05, 4.69) is 28.6 Å². The van der Waals surface area contributed by atoms with Crippen LogP contribution in [0.25, 0.3) is 10.8 Å². The zero-order valence-electron chi connectivity index (χ0n) is 15.1. The summed E-state index contributed by atoms with van der Waals surface area (Å²) in [5.74, 6) is 1.46. The van der Waals surface area contributed by atoms with E-state index in [0.717, 1.165) is 44.0 Å². The van der Waals surface area contributed by atoms with Crippen molar-refractivity contribution >= 4 is 28.2 Å². The molecule has 134 valence electrons. The summed E-state index contributed by atoms with van der Waals surface area (Å²) in [5, 5.41) is 2.84. The number of anilines is 1. The van der Waals surface area contributed by atoms with E-state index in [-0.39, 0.29) is 5.54 Å². The third kappa shape index (κ3) is 2.78. The highest BCUT2D eigenvalue weighted by atomic mass is 35.5. The van der Waals surface area contributed by atoms with Gasteiger partial charge in [-0.1, -0.05) is 25.4 Å². The van der Waals surface area contributed by atoms with Gasteiger partial charge < -0.3 is 9.64 Å². The monoisotopic (exact) mass is 360 g/mol. The molecule has 4 rings (SSSR count). The summed E-state index contributed by atoms with van der Waals surface area (Å²) >= 11 is 6.17. The fourth-order valence-electron chi connectivity index (χ4n) is 4.16. The average molecular weight is 361 g/mol. The molecule has 2 saturated heterocycles. The Kier molecular flexibility index (Phi) is 4.34. The minimum Gasteiger partial charge on any atom is -0.383 e. The molecule has 5 nitrogen and oxygen atoms in total.